The Hall–Kier alpha value is -1.55. The van der Waals surface area contributed by atoms with E-state index in [0.29, 0.717) is 18.3 Å². The van der Waals surface area contributed by atoms with Gasteiger partial charge in [-0.15, -0.1) is 0 Å². The first-order valence-corrected chi connectivity index (χ1v) is 7.00. The molecule has 102 valence electrons. The van der Waals surface area contributed by atoms with Crippen molar-refractivity contribution in [3.05, 3.63) is 29.8 Å². The van der Waals surface area contributed by atoms with Crippen LogP contribution in [0.1, 0.15) is 18.4 Å². The summed E-state index contributed by atoms with van der Waals surface area (Å²) in [7, 11) is 0. The molecular weight excluding hydrogens is 240 g/mol. The normalized spacial score (nSPS) is 24.0. The molecule has 2 aliphatic rings. The molecule has 3 rings (SSSR count). The molecule has 2 aliphatic heterocycles. The number of aromatic hydroxyl groups is 1. The van der Waals surface area contributed by atoms with E-state index in [1.165, 1.54) is 0 Å². The van der Waals surface area contributed by atoms with Gasteiger partial charge in [-0.2, -0.15) is 0 Å². The monoisotopic (exact) mass is 260 g/mol. The van der Waals surface area contributed by atoms with Gasteiger partial charge < -0.3 is 15.2 Å². The molecule has 0 aromatic heterocycles. The summed E-state index contributed by atoms with van der Waals surface area (Å²) in [6.07, 6.45) is 3.08. The van der Waals surface area contributed by atoms with Crippen LogP contribution in [0, 0.1) is 5.92 Å². The second kappa shape index (κ2) is 5.61. The number of hydrogen-bond acceptors (Lipinski definition) is 4. The quantitative estimate of drug-likeness (QED) is 0.870. The third-order valence-electron chi connectivity index (χ3n) is 3.80. The molecule has 1 aromatic carbocycles. The van der Waals surface area contributed by atoms with E-state index in [1.807, 2.05) is 12.1 Å². The van der Waals surface area contributed by atoms with Crippen molar-refractivity contribution in [2.24, 2.45) is 10.9 Å². The maximum atomic E-state index is 9.47. The summed E-state index contributed by atoms with van der Waals surface area (Å²) in [6.45, 7) is 2.80. The van der Waals surface area contributed by atoms with Crippen molar-refractivity contribution in [2.75, 3.05) is 19.7 Å². The van der Waals surface area contributed by atoms with Crippen LogP contribution in [-0.4, -0.2) is 36.7 Å². The number of piperidine rings is 1. The van der Waals surface area contributed by atoms with Gasteiger partial charge >= 0.3 is 0 Å². The highest BCUT2D eigenvalue weighted by Gasteiger charge is 2.27. The van der Waals surface area contributed by atoms with E-state index in [2.05, 4.69) is 5.32 Å². The van der Waals surface area contributed by atoms with Crippen LogP contribution in [0.4, 0.5) is 0 Å². The fourth-order valence-corrected chi connectivity index (χ4v) is 2.79. The maximum absolute atomic E-state index is 9.47. The average Bonchev–Trinajstić information content (AvgIpc) is 2.88. The van der Waals surface area contributed by atoms with Crippen LogP contribution in [0.3, 0.4) is 0 Å². The number of ether oxygens (including phenoxy) is 1. The van der Waals surface area contributed by atoms with Gasteiger partial charge in [-0.1, -0.05) is 12.1 Å². The Morgan fingerprint density at radius 2 is 2.16 bits per heavy atom. The average molecular weight is 260 g/mol. The molecule has 0 radical (unpaired) electrons. The summed E-state index contributed by atoms with van der Waals surface area (Å²) in [5, 5.41) is 12.8. The predicted molar refractivity (Wildman–Crippen MR) is 74.6 cm³/mol. The number of aliphatic imine (C=N–C) groups is 1. The smallest absolute Gasteiger partial charge is 0.186 e. The number of benzene rings is 1. The molecule has 2 N–H and O–H groups in total. The summed E-state index contributed by atoms with van der Waals surface area (Å²) >= 11 is 0. The Morgan fingerprint density at radius 1 is 1.32 bits per heavy atom. The van der Waals surface area contributed by atoms with Gasteiger partial charge in [-0.05, 0) is 50.0 Å². The maximum Gasteiger partial charge on any atom is 0.186 e. The van der Waals surface area contributed by atoms with Gasteiger partial charge in [0.25, 0.3) is 0 Å². The lowest BCUT2D eigenvalue weighted by atomic mass is 9.98. The van der Waals surface area contributed by atoms with E-state index in [9.17, 15) is 5.11 Å². The van der Waals surface area contributed by atoms with E-state index < -0.39 is 0 Å². The highest BCUT2D eigenvalue weighted by atomic mass is 16.5. The van der Waals surface area contributed by atoms with Crippen LogP contribution in [0.15, 0.2) is 29.3 Å². The van der Waals surface area contributed by atoms with Crippen LogP contribution in [0.2, 0.25) is 0 Å². The molecule has 0 aliphatic carbocycles. The van der Waals surface area contributed by atoms with Gasteiger partial charge in [0.05, 0.1) is 6.04 Å². The van der Waals surface area contributed by atoms with Gasteiger partial charge in [0.15, 0.2) is 5.90 Å². The number of phenols is 1. The number of phenolic OH excluding ortho intramolecular Hbond substituents is 1. The number of rotatable bonds is 3. The molecule has 1 unspecified atom stereocenters. The van der Waals surface area contributed by atoms with Gasteiger partial charge in [-0.3, -0.25) is 0 Å². The fraction of sp³-hybridized carbons (Fsp3) is 0.533. The summed E-state index contributed by atoms with van der Waals surface area (Å²) in [5.74, 6) is 1.76. The molecule has 1 fully saturated rings. The van der Waals surface area contributed by atoms with Crippen molar-refractivity contribution in [3.63, 3.8) is 0 Å². The largest absolute Gasteiger partial charge is 0.508 e. The van der Waals surface area contributed by atoms with Crippen molar-refractivity contribution >= 4 is 5.90 Å². The molecule has 4 heteroatoms. The van der Waals surface area contributed by atoms with Crippen LogP contribution >= 0.6 is 0 Å². The van der Waals surface area contributed by atoms with Crippen molar-refractivity contribution in [2.45, 2.75) is 25.3 Å². The van der Waals surface area contributed by atoms with Crippen molar-refractivity contribution in [1.82, 2.24) is 5.32 Å². The Kier molecular flexibility index (Phi) is 3.69. The minimum Gasteiger partial charge on any atom is -0.508 e. The summed E-state index contributed by atoms with van der Waals surface area (Å²) in [4.78, 5) is 4.72. The molecular formula is C15H20N2O2. The second-order valence-corrected chi connectivity index (χ2v) is 5.33. The minimum absolute atomic E-state index is 0.201. The lowest BCUT2D eigenvalue weighted by Crippen LogP contribution is -2.31. The molecule has 1 aromatic rings. The Bertz CT molecular complexity index is 467. The van der Waals surface area contributed by atoms with E-state index in [-0.39, 0.29) is 6.04 Å². The number of hydrogen-bond donors (Lipinski definition) is 2. The highest BCUT2D eigenvalue weighted by molar-refractivity contribution is 5.80. The Balaban J connectivity index is 1.62. The third-order valence-corrected chi connectivity index (χ3v) is 3.80. The van der Waals surface area contributed by atoms with Crippen molar-refractivity contribution < 1.29 is 9.84 Å². The van der Waals surface area contributed by atoms with Gasteiger partial charge in [-0.25, -0.2) is 4.99 Å². The van der Waals surface area contributed by atoms with Gasteiger partial charge in [0, 0.05) is 5.92 Å². The lowest BCUT2D eigenvalue weighted by molar-refractivity contribution is 0.283. The first kappa shape index (κ1) is 12.5. The van der Waals surface area contributed by atoms with E-state index in [4.69, 9.17) is 9.73 Å². The fourth-order valence-electron chi connectivity index (χ4n) is 2.79. The number of nitrogens with one attached hydrogen (secondary N) is 1. The zero-order chi connectivity index (χ0) is 13.1. The van der Waals surface area contributed by atoms with Crippen LogP contribution in [0.5, 0.6) is 5.75 Å². The first-order chi connectivity index (χ1) is 9.31. The van der Waals surface area contributed by atoms with Crippen molar-refractivity contribution in [3.8, 4) is 5.75 Å². The molecule has 0 amide bonds. The summed E-state index contributed by atoms with van der Waals surface area (Å²) in [5.41, 5.74) is 1.11. The molecule has 0 saturated carbocycles. The molecule has 19 heavy (non-hydrogen) atoms. The summed E-state index contributed by atoms with van der Waals surface area (Å²) in [6, 6.07) is 7.60. The molecule has 4 nitrogen and oxygen atoms in total. The number of nitrogens with zero attached hydrogens (tertiary/aromatic N) is 1. The topological polar surface area (TPSA) is 53.9 Å². The minimum atomic E-state index is 0.201. The standard InChI is InChI=1S/C15H20N2O2/c18-14-3-1-2-11(9-14)8-13-10-19-15(17-13)12-4-6-16-7-5-12/h1-3,9,12-13,16,18H,4-8,10H2. The molecule has 1 saturated heterocycles. The second-order valence-electron chi connectivity index (χ2n) is 5.33. The van der Waals surface area contributed by atoms with Gasteiger partial charge in [0.2, 0.25) is 0 Å². The Labute approximate surface area is 113 Å². The van der Waals surface area contributed by atoms with E-state index >= 15 is 0 Å². The van der Waals surface area contributed by atoms with Gasteiger partial charge in [0.1, 0.15) is 12.4 Å². The molecule has 0 bridgehead atoms. The first-order valence-electron chi connectivity index (χ1n) is 7.00. The van der Waals surface area contributed by atoms with Crippen molar-refractivity contribution in [1.29, 1.82) is 0 Å². The van der Waals surface area contributed by atoms with E-state index in [1.54, 1.807) is 12.1 Å². The summed E-state index contributed by atoms with van der Waals surface area (Å²) < 4.78 is 5.77. The lowest BCUT2D eigenvalue weighted by Gasteiger charge is -2.21. The molecule has 2 heterocycles. The zero-order valence-electron chi connectivity index (χ0n) is 11.0. The Morgan fingerprint density at radius 3 is 2.95 bits per heavy atom. The predicted octanol–water partition coefficient (Wildman–Crippen LogP) is 1.73. The van der Waals surface area contributed by atoms with Crippen LogP contribution < -0.4 is 5.32 Å². The highest BCUT2D eigenvalue weighted by Crippen LogP contribution is 2.22. The van der Waals surface area contributed by atoms with E-state index in [0.717, 1.165) is 43.8 Å². The SMILES string of the molecule is Oc1cccc(CC2COC(C3CCNCC3)=N2)c1. The van der Waals surface area contributed by atoms with Crippen LogP contribution in [-0.2, 0) is 11.2 Å². The van der Waals surface area contributed by atoms with Crippen LogP contribution in [0.25, 0.3) is 0 Å². The molecule has 1 atom stereocenters. The third kappa shape index (κ3) is 3.07. The molecule has 0 spiro atoms. The zero-order valence-corrected chi connectivity index (χ0v) is 11.0.